The highest BCUT2D eigenvalue weighted by atomic mass is 19.1. The van der Waals surface area contributed by atoms with Gasteiger partial charge in [-0.3, -0.25) is 0 Å². The molecule has 0 aliphatic heterocycles. The fraction of sp³-hybridized carbons (Fsp3) is 0.0769. The molecule has 4 N–H and O–H groups in total. The van der Waals surface area contributed by atoms with Crippen LogP contribution in [-0.2, 0) is 0 Å². The lowest BCUT2D eigenvalue weighted by Crippen LogP contribution is -2.12. The fourth-order valence-corrected chi connectivity index (χ4v) is 1.65. The van der Waals surface area contributed by atoms with Gasteiger partial charge in [0.05, 0.1) is 24.4 Å². The molecule has 0 saturated heterocycles. The molecule has 0 saturated carbocycles. The lowest BCUT2D eigenvalue weighted by molar-refractivity contribution is 0.416. The van der Waals surface area contributed by atoms with Crippen molar-refractivity contribution in [1.82, 2.24) is 4.98 Å². The highest BCUT2D eigenvalue weighted by molar-refractivity contribution is 5.67. The van der Waals surface area contributed by atoms with Crippen LogP contribution in [0.1, 0.15) is 5.56 Å². The van der Waals surface area contributed by atoms with E-state index in [1.54, 1.807) is 0 Å². The number of nitriles is 1. The van der Waals surface area contributed by atoms with Crippen LogP contribution in [-0.4, -0.2) is 12.1 Å². The molecule has 2 rings (SSSR count). The van der Waals surface area contributed by atoms with E-state index in [-0.39, 0.29) is 11.6 Å². The molecule has 0 amide bonds. The third kappa shape index (κ3) is 2.98. The Morgan fingerprint density at radius 2 is 1.95 bits per heavy atom. The summed E-state index contributed by atoms with van der Waals surface area (Å²) in [6.45, 7) is 0. The number of anilines is 3. The Hall–Kier alpha value is -2.92. The number of nitrogens with zero attached hydrogens (tertiary/aromatic N) is 2. The number of hydrogen-bond acceptors (Lipinski definition) is 6. The molecule has 6 nitrogen and oxygen atoms in total. The molecule has 1 aromatic carbocycles. The number of methoxy groups -OCH3 is 1. The predicted octanol–water partition coefficient (Wildman–Crippen LogP) is 2.27. The monoisotopic (exact) mass is 291 g/mol. The van der Waals surface area contributed by atoms with Crippen molar-refractivity contribution in [3.8, 4) is 11.8 Å². The van der Waals surface area contributed by atoms with Crippen molar-refractivity contribution in [2.45, 2.75) is 0 Å². The molecular formula is C13H11F2N5O. The summed E-state index contributed by atoms with van der Waals surface area (Å²) in [4.78, 5) is 3.69. The normalized spacial score (nSPS) is 9.86. The Kier molecular flexibility index (Phi) is 4.15. The second kappa shape index (κ2) is 6.02. The van der Waals surface area contributed by atoms with Crippen molar-refractivity contribution in [3.63, 3.8) is 0 Å². The van der Waals surface area contributed by atoms with Crippen LogP contribution in [0.15, 0.2) is 24.3 Å². The standard InChI is InChI=1S/C13H11F2N5O/c1-21-11-4-7(6-16)2-3-10(11)18-12-8(14)5-9(15)13(19-12)20-17/h2-5H,17H2,1H3,(H2,18,19,20). The van der Waals surface area contributed by atoms with Gasteiger partial charge in [-0.1, -0.05) is 0 Å². The number of halogens is 2. The number of hydrazine groups is 1. The molecule has 0 atom stereocenters. The van der Waals surface area contributed by atoms with Gasteiger partial charge in [0.15, 0.2) is 23.3 Å². The summed E-state index contributed by atoms with van der Waals surface area (Å²) >= 11 is 0. The van der Waals surface area contributed by atoms with Crippen molar-refractivity contribution < 1.29 is 13.5 Å². The summed E-state index contributed by atoms with van der Waals surface area (Å²) in [5.74, 6) is 3.09. The van der Waals surface area contributed by atoms with Gasteiger partial charge in [0.25, 0.3) is 0 Å². The number of ether oxygens (including phenoxy) is 1. The Morgan fingerprint density at radius 1 is 1.24 bits per heavy atom. The second-order valence-electron chi connectivity index (χ2n) is 3.95. The first kappa shape index (κ1) is 14.5. The van der Waals surface area contributed by atoms with E-state index in [1.807, 2.05) is 11.5 Å². The first-order valence-electron chi connectivity index (χ1n) is 5.77. The average Bonchev–Trinajstić information content (AvgIpc) is 2.50. The van der Waals surface area contributed by atoms with E-state index in [4.69, 9.17) is 15.8 Å². The molecule has 0 aliphatic carbocycles. The Labute approximate surface area is 119 Å². The number of nitrogens with two attached hydrogens (primary N) is 1. The molecule has 0 fully saturated rings. The fourth-order valence-electron chi connectivity index (χ4n) is 1.65. The quantitative estimate of drug-likeness (QED) is 0.590. The van der Waals surface area contributed by atoms with E-state index in [9.17, 15) is 8.78 Å². The Bertz CT molecular complexity index is 714. The molecule has 8 heteroatoms. The first-order valence-corrected chi connectivity index (χ1v) is 5.77. The SMILES string of the molecule is COc1cc(C#N)ccc1Nc1nc(NN)c(F)cc1F. The topological polar surface area (TPSA) is 96.0 Å². The maximum absolute atomic E-state index is 13.7. The zero-order chi connectivity index (χ0) is 15.4. The van der Waals surface area contributed by atoms with Crippen LogP contribution in [0.4, 0.5) is 26.1 Å². The van der Waals surface area contributed by atoms with Gasteiger partial charge in [-0.2, -0.15) is 5.26 Å². The van der Waals surface area contributed by atoms with Gasteiger partial charge in [-0.25, -0.2) is 19.6 Å². The maximum atomic E-state index is 13.7. The van der Waals surface area contributed by atoms with Gasteiger partial charge >= 0.3 is 0 Å². The number of nitrogens with one attached hydrogen (secondary N) is 2. The maximum Gasteiger partial charge on any atom is 0.178 e. The number of nitrogen functional groups attached to an aromatic ring is 1. The van der Waals surface area contributed by atoms with Gasteiger partial charge in [0.1, 0.15) is 5.75 Å². The highest BCUT2D eigenvalue weighted by Crippen LogP contribution is 2.29. The zero-order valence-electron chi connectivity index (χ0n) is 10.9. The van der Waals surface area contributed by atoms with Crippen LogP contribution in [0.2, 0.25) is 0 Å². The van der Waals surface area contributed by atoms with Crippen molar-refractivity contribution >= 4 is 17.3 Å². The van der Waals surface area contributed by atoms with E-state index in [0.29, 0.717) is 23.1 Å². The van der Waals surface area contributed by atoms with Crippen LogP contribution in [0.25, 0.3) is 0 Å². The third-order valence-electron chi connectivity index (χ3n) is 2.65. The smallest absolute Gasteiger partial charge is 0.178 e. The Morgan fingerprint density at radius 3 is 2.57 bits per heavy atom. The molecule has 0 spiro atoms. The highest BCUT2D eigenvalue weighted by Gasteiger charge is 2.13. The first-order chi connectivity index (χ1) is 10.1. The van der Waals surface area contributed by atoms with Gasteiger partial charge in [-0.05, 0) is 12.1 Å². The molecule has 2 aromatic rings. The largest absolute Gasteiger partial charge is 0.495 e. The van der Waals surface area contributed by atoms with Gasteiger partial charge < -0.3 is 15.5 Å². The minimum absolute atomic E-state index is 0.229. The minimum atomic E-state index is -0.910. The molecule has 1 aromatic heterocycles. The molecule has 0 unspecified atom stereocenters. The van der Waals surface area contributed by atoms with Crippen LogP contribution >= 0.6 is 0 Å². The van der Waals surface area contributed by atoms with Gasteiger partial charge in [-0.15, -0.1) is 0 Å². The van der Waals surface area contributed by atoms with Crippen molar-refractivity contribution in [1.29, 1.82) is 5.26 Å². The van der Waals surface area contributed by atoms with Crippen molar-refractivity contribution in [2.24, 2.45) is 5.84 Å². The molecule has 1 heterocycles. The summed E-state index contributed by atoms with van der Waals surface area (Å²) < 4.78 is 32.1. The summed E-state index contributed by atoms with van der Waals surface area (Å²) in [6.07, 6.45) is 0. The van der Waals surface area contributed by atoms with Gasteiger partial charge in [0.2, 0.25) is 0 Å². The summed E-state index contributed by atoms with van der Waals surface area (Å²) in [5, 5.41) is 11.5. The number of hydrogen-bond donors (Lipinski definition) is 3. The second-order valence-corrected chi connectivity index (χ2v) is 3.95. The predicted molar refractivity (Wildman–Crippen MR) is 73.0 cm³/mol. The lowest BCUT2D eigenvalue weighted by atomic mass is 10.2. The zero-order valence-corrected chi connectivity index (χ0v) is 10.9. The van der Waals surface area contributed by atoms with E-state index < -0.39 is 11.6 Å². The minimum Gasteiger partial charge on any atom is -0.495 e. The van der Waals surface area contributed by atoms with E-state index in [2.05, 4.69) is 10.3 Å². The average molecular weight is 291 g/mol. The molecule has 21 heavy (non-hydrogen) atoms. The van der Waals surface area contributed by atoms with E-state index in [1.165, 1.54) is 25.3 Å². The Balaban J connectivity index is 2.41. The van der Waals surface area contributed by atoms with Crippen LogP contribution in [0, 0.1) is 23.0 Å². The molecule has 0 aliphatic rings. The van der Waals surface area contributed by atoms with E-state index >= 15 is 0 Å². The molecule has 0 bridgehead atoms. The van der Waals surface area contributed by atoms with E-state index in [0.717, 1.165) is 0 Å². The van der Waals surface area contributed by atoms with Crippen LogP contribution in [0.5, 0.6) is 5.75 Å². The number of rotatable bonds is 4. The van der Waals surface area contributed by atoms with Crippen molar-refractivity contribution in [2.75, 3.05) is 17.9 Å². The van der Waals surface area contributed by atoms with Crippen molar-refractivity contribution in [3.05, 3.63) is 41.5 Å². The number of aromatic nitrogens is 1. The van der Waals surface area contributed by atoms with Crippen LogP contribution in [0.3, 0.4) is 0 Å². The molecule has 0 radical (unpaired) electrons. The summed E-state index contributed by atoms with van der Waals surface area (Å²) in [6, 6.07) is 7.14. The molecular weight excluding hydrogens is 280 g/mol. The van der Waals surface area contributed by atoms with Crippen LogP contribution < -0.4 is 21.3 Å². The number of pyridine rings is 1. The van der Waals surface area contributed by atoms with Gasteiger partial charge in [0, 0.05) is 12.1 Å². The molecule has 108 valence electrons. The number of benzene rings is 1. The lowest BCUT2D eigenvalue weighted by Gasteiger charge is -2.12. The third-order valence-corrected chi connectivity index (χ3v) is 2.65. The summed E-state index contributed by atoms with van der Waals surface area (Å²) in [7, 11) is 1.41. The summed E-state index contributed by atoms with van der Waals surface area (Å²) in [5.41, 5.74) is 2.78.